The van der Waals surface area contributed by atoms with E-state index in [1.807, 2.05) is 6.26 Å². The van der Waals surface area contributed by atoms with Crippen LogP contribution in [-0.2, 0) is 4.74 Å². The molecular weight excluding hydrogens is 362 g/mol. The fourth-order valence-electron chi connectivity index (χ4n) is 1.75. The molecule has 120 valence electrons. The summed E-state index contributed by atoms with van der Waals surface area (Å²) in [6, 6.07) is 8.88. The number of carbonyl (C=O) groups is 2. The molecule has 0 aliphatic rings. The number of rotatable bonds is 5. The van der Waals surface area contributed by atoms with Crippen LogP contribution in [0.25, 0.3) is 0 Å². The van der Waals surface area contributed by atoms with Crippen molar-refractivity contribution in [3.05, 3.63) is 63.4 Å². The third-order valence-electron chi connectivity index (χ3n) is 2.98. The average Bonchev–Trinajstić information content (AvgIpc) is 2.55. The van der Waals surface area contributed by atoms with Crippen molar-refractivity contribution in [1.82, 2.24) is 0 Å². The molecule has 0 bridgehead atoms. The molecule has 0 aliphatic heterocycles. The molecule has 0 saturated carbocycles. The van der Waals surface area contributed by atoms with Gasteiger partial charge in [-0.05, 0) is 30.5 Å². The number of ketones is 1. The summed E-state index contributed by atoms with van der Waals surface area (Å²) in [5, 5.41) is -0.241. The van der Waals surface area contributed by atoms with Crippen LogP contribution in [0.5, 0.6) is 0 Å². The van der Waals surface area contributed by atoms with E-state index >= 15 is 0 Å². The number of ether oxygens (including phenoxy) is 1. The molecule has 0 unspecified atom stereocenters. The minimum Gasteiger partial charge on any atom is -0.454 e. The molecule has 0 fully saturated rings. The van der Waals surface area contributed by atoms with E-state index in [1.165, 1.54) is 0 Å². The van der Waals surface area contributed by atoms with Crippen molar-refractivity contribution >= 4 is 46.7 Å². The maximum atomic E-state index is 13.4. The van der Waals surface area contributed by atoms with Gasteiger partial charge in [0.05, 0.1) is 15.6 Å². The van der Waals surface area contributed by atoms with Gasteiger partial charge in [-0.1, -0.05) is 35.3 Å². The van der Waals surface area contributed by atoms with Crippen molar-refractivity contribution in [3.63, 3.8) is 0 Å². The van der Waals surface area contributed by atoms with Crippen LogP contribution in [0.3, 0.4) is 0 Å². The smallest absolute Gasteiger partial charge is 0.340 e. The van der Waals surface area contributed by atoms with Gasteiger partial charge in [0.1, 0.15) is 5.82 Å². The zero-order chi connectivity index (χ0) is 17.0. The molecule has 2 aromatic carbocycles. The van der Waals surface area contributed by atoms with E-state index in [-0.39, 0.29) is 21.4 Å². The number of hydrogen-bond donors (Lipinski definition) is 0. The van der Waals surface area contributed by atoms with Gasteiger partial charge in [-0.15, -0.1) is 11.8 Å². The van der Waals surface area contributed by atoms with Crippen LogP contribution in [0.4, 0.5) is 4.39 Å². The Morgan fingerprint density at radius 1 is 1.13 bits per heavy atom. The fraction of sp³-hybridized carbons (Fsp3) is 0.125. The number of thioether (sulfide) groups is 1. The first-order valence-electron chi connectivity index (χ1n) is 6.41. The Morgan fingerprint density at radius 3 is 2.39 bits per heavy atom. The second kappa shape index (κ2) is 7.81. The molecule has 0 atom stereocenters. The second-order valence-electron chi connectivity index (χ2n) is 4.47. The standard InChI is InChI=1S/C16H11Cl2FO3S/c1-23-10-4-2-9(3-5-10)15(20)8-22-16(21)11-6-14(19)13(18)7-12(11)17/h2-7H,8H2,1H3. The molecule has 0 amide bonds. The Bertz CT molecular complexity index is 748. The Hall–Kier alpha value is -1.56. The van der Waals surface area contributed by atoms with Gasteiger partial charge in [0.2, 0.25) is 0 Å². The first-order valence-corrected chi connectivity index (χ1v) is 8.39. The first-order chi connectivity index (χ1) is 10.9. The zero-order valence-electron chi connectivity index (χ0n) is 11.9. The molecule has 2 rings (SSSR count). The van der Waals surface area contributed by atoms with Crippen LogP contribution in [-0.4, -0.2) is 24.6 Å². The normalized spacial score (nSPS) is 10.4. The highest BCUT2D eigenvalue weighted by molar-refractivity contribution is 7.98. The molecular formula is C16H11Cl2FO3S. The van der Waals surface area contributed by atoms with Gasteiger partial charge in [0, 0.05) is 10.5 Å². The van der Waals surface area contributed by atoms with Crippen LogP contribution < -0.4 is 0 Å². The van der Waals surface area contributed by atoms with Crippen molar-refractivity contribution in [2.24, 2.45) is 0 Å². The predicted octanol–water partition coefficient (Wildman–Crippen LogP) is 4.89. The van der Waals surface area contributed by atoms with E-state index in [4.69, 9.17) is 27.9 Å². The highest BCUT2D eigenvalue weighted by Crippen LogP contribution is 2.25. The number of Topliss-reactive ketones (excluding diaryl/α,β-unsaturated/α-hetero) is 1. The highest BCUT2D eigenvalue weighted by atomic mass is 35.5. The van der Waals surface area contributed by atoms with Crippen LogP contribution in [0.1, 0.15) is 20.7 Å². The minimum absolute atomic E-state index is 0.0434. The fourth-order valence-corrected chi connectivity index (χ4v) is 2.62. The van der Waals surface area contributed by atoms with Gasteiger partial charge in [0.15, 0.2) is 12.4 Å². The quantitative estimate of drug-likeness (QED) is 0.324. The number of esters is 1. The van der Waals surface area contributed by atoms with E-state index in [9.17, 15) is 14.0 Å². The molecule has 2 aromatic rings. The van der Waals surface area contributed by atoms with E-state index in [0.717, 1.165) is 17.0 Å². The molecule has 7 heteroatoms. The molecule has 0 radical (unpaired) electrons. The van der Waals surface area contributed by atoms with Crippen molar-refractivity contribution in [2.75, 3.05) is 12.9 Å². The molecule has 0 heterocycles. The molecule has 0 aromatic heterocycles. The monoisotopic (exact) mass is 372 g/mol. The van der Waals surface area contributed by atoms with Crippen LogP contribution in [0.2, 0.25) is 10.0 Å². The number of benzene rings is 2. The number of hydrogen-bond acceptors (Lipinski definition) is 4. The lowest BCUT2D eigenvalue weighted by atomic mass is 10.1. The summed E-state index contributed by atoms with van der Waals surface area (Å²) in [5.41, 5.74) is 0.239. The Morgan fingerprint density at radius 2 is 1.78 bits per heavy atom. The summed E-state index contributed by atoms with van der Waals surface area (Å²) in [6.45, 7) is -0.460. The largest absolute Gasteiger partial charge is 0.454 e. The molecule has 0 N–H and O–H groups in total. The van der Waals surface area contributed by atoms with Gasteiger partial charge in [-0.2, -0.15) is 0 Å². The van der Waals surface area contributed by atoms with E-state index in [1.54, 1.807) is 36.0 Å². The van der Waals surface area contributed by atoms with Gasteiger partial charge < -0.3 is 4.74 Å². The van der Waals surface area contributed by atoms with Crippen LogP contribution >= 0.6 is 35.0 Å². The van der Waals surface area contributed by atoms with Gasteiger partial charge in [-0.3, -0.25) is 4.79 Å². The third-order valence-corrected chi connectivity index (χ3v) is 4.32. The van der Waals surface area contributed by atoms with E-state index in [2.05, 4.69) is 0 Å². The maximum Gasteiger partial charge on any atom is 0.340 e. The third kappa shape index (κ3) is 4.47. The molecule has 3 nitrogen and oxygen atoms in total. The van der Waals surface area contributed by atoms with E-state index in [0.29, 0.717) is 5.56 Å². The Labute approximate surface area is 146 Å². The lowest BCUT2D eigenvalue weighted by molar-refractivity contribution is 0.0474. The molecule has 0 aliphatic carbocycles. The van der Waals surface area contributed by atoms with Crippen molar-refractivity contribution in [2.45, 2.75) is 4.90 Å². The van der Waals surface area contributed by atoms with Crippen molar-refractivity contribution < 1.29 is 18.7 Å². The van der Waals surface area contributed by atoms with Gasteiger partial charge in [0.25, 0.3) is 0 Å². The topological polar surface area (TPSA) is 43.4 Å². The molecule has 0 spiro atoms. The first kappa shape index (κ1) is 17.8. The molecule has 0 saturated heterocycles. The van der Waals surface area contributed by atoms with Crippen molar-refractivity contribution in [3.8, 4) is 0 Å². The summed E-state index contributed by atoms with van der Waals surface area (Å²) in [7, 11) is 0. The highest BCUT2D eigenvalue weighted by Gasteiger charge is 2.17. The lowest BCUT2D eigenvalue weighted by Crippen LogP contribution is -2.14. The number of halogens is 3. The van der Waals surface area contributed by atoms with Crippen LogP contribution in [0, 0.1) is 5.82 Å². The summed E-state index contributed by atoms with van der Waals surface area (Å²) in [5.74, 6) is -2.04. The molecule has 23 heavy (non-hydrogen) atoms. The van der Waals surface area contributed by atoms with Crippen LogP contribution in [0.15, 0.2) is 41.3 Å². The summed E-state index contributed by atoms with van der Waals surface area (Å²) < 4.78 is 18.3. The van der Waals surface area contributed by atoms with Crippen molar-refractivity contribution in [1.29, 1.82) is 0 Å². The minimum atomic E-state index is -0.889. The average molecular weight is 373 g/mol. The zero-order valence-corrected chi connectivity index (χ0v) is 14.3. The Balaban J connectivity index is 2.03. The van der Waals surface area contributed by atoms with Gasteiger partial charge >= 0.3 is 5.97 Å². The maximum absolute atomic E-state index is 13.4. The Kier molecular flexibility index (Phi) is 6.04. The predicted molar refractivity (Wildman–Crippen MR) is 89.3 cm³/mol. The summed E-state index contributed by atoms with van der Waals surface area (Å²) in [6.07, 6.45) is 1.92. The SMILES string of the molecule is CSc1ccc(C(=O)COC(=O)c2cc(F)c(Cl)cc2Cl)cc1. The van der Waals surface area contributed by atoms with Gasteiger partial charge in [-0.25, -0.2) is 9.18 Å². The number of carbonyl (C=O) groups excluding carboxylic acids is 2. The second-order valence-corrected chi connectivity index (χ2v) is 6.17. The summed E-state index contributed by atoms with van der Waals surface area (Å²) >= 11 is 12.9. The summed E-state index contributed by atoms with van der Waals surface area (Å²) in [4.78, 5) is 24.9. The lowest BCUT2D eigenvalue weighted by Gasteiger charge is -2.07. The van der Waals surface area contributed by atoms with E-state index < -0.39 is 18.4 Å².